The average molecular weight is 199 g/mol. The molecule has 0 aromatic heterocycles. The number of nitrogens with one attached hydrogen (secondary N) is 1. The third-order valence-electron chi connectivity index (χ3n) is 3.26. The van der Waals surface area contributed by atoms with Crippen molar-refractivity contribution in [3.63, 3.8) is 0 Å². The molecule has 1 N–H and O–H groups in total. The van der Waals surface area contributed by atoms with Crippen LogP contribution in [0.25, 0.3) is 0 Å². The van der Waals surface area contributed by atoms with Gasteiger partial charge in [0.15, 0.2) is 0 Å². The predicted octanol–water partition coefficient (Wildman–Crippen LogP) is 1.32. The Kier molecular flexibility index (Phi) is 3.42. The SMILES string of the molecule is CCOCC1CNCC2(CCCC2)O1. The van der Waals surface area contributed by atoms with E-state index in [0.29, 0.717) is 0 Å². The predicted molar refractivity (Wildman–Crippen MR) is 55.4 cm³/mol. The summed E-state index contributed by atoms with van der Waals surface area (Å²) in [6.07, 6.45) is 5.36. The Morgan fingerprint density at radius 1 is 1.43 bits per heavy atom. The lowest BCUT2D eigenvalue weighted by Gasteiger charge is -2.39. The highest BCUT2D eigenvalue weighted by Gasteiger charge is 2.39. The van der Waals surface area contributed by atoms with Crippen molar-refractivity contribution in [3.8, 4) is 0 Å². The molecule has 1 atom stereocenters. The molecule has 0 radical (unpaired) electrons. The van der Waals surface area contributed by atoms with E-state index in [0.717, 1.165) is 26.3 Å². The minimum absolute atomic E-state index is 0.153. The van der Waals surface area contributed by atoms with Crippen molar-refractivity contribution < 1.29 is 9.47 Å². The maximum absolute atomic E-state index is 6.15. The summed E-state index contributed by atoms with van der Waals surface area (Å²) in [5.74, 6) is 0. The van der Waals surface area contributed by atoms with Gasteiger partial charge < -0.3 is 14.8 Å². The summed E-state index contributed by atoms with van der Waals surface area (Å²) in [4.78, 5) is 0. The van der Waals surface area contributed by atoms with Gasteiger partial charge in [-0.1, -0.05) is 12.8 Å². The quantitative estimate of drug-likeness (QED) is 0.743. The molecule has 82 valence electrons. The van der Waals surface area contributed by atoms with Crippen molar-refractivity contribution >= 4 is 0 Å². The van der Waals surface area contributed by atoms with Crippen molar-refractivity contribution in [1.29, 1.82) is 0 Å². The number of ether oxygens (including phenoxy) is 2. The highest BCUT2D eigenvalue weighted by molar-refractivity contribution is 4.92. The van der Waals surface area contributed by atoms with Gasteiger partial charge >= 0.3 is 0 Å². The standard InChI is InChI=1S/C11H21NO2/c1-2-13-8-10-7-12-9-11(14-10)5-3-4-6-11/h10,12H,2-9H2,1H3. The molecule has 3 heteroatoms. The molecule has 1 aliphatic heterocycles. The van der Waals surface area contributed by atoms with Gasteiger partial charge in [0.25, 0.3) is 0 Å². The summed E-state index contributed by atoms with van der Waals surface area (Å²) in [5.41, 5.74) is 0.153. The van der Waals surface area contributed by atoms with E-state index >= 15 is 0 Å². The Morgan fingerprint density at radius 3 is 2.93 bits per heavy atom. The highest BCUT2D eigenvalue weighted by Crippen LogP contribution is 2.35. The van der Waals surface area contributed by atoms with Gasteiger partial charge in [0.1, 0.15) is 0 Å². The summed E-state index contributed by atoms with van der Waals surface area (Å²) in [5, 5.41) is 3.47. The Morgan fingerprint density at radius 2 is 2.21 bits per heavy atom. The molecule has 3 nitrogen and oxygen atoms in total. The zero-order valence-corrected chi connectivity index (χ0v) is 9.05. The van der Waals surface area contributed by atoms with E-state index in [2.05, 4.69) is 5.32 Å². The highest BCUT2D eigenvalue weighted by atomic mass is 16.5. The zero-order chi connectivity index (χ0) is 9.86. The number of hydrogen-bond donors (Lipinski definition) is 1. The third kappa shape index (κ3) is 2.27. The fourth-order valence-electron chi connectivity index (χ4n) is 2.55. The number of hydrogen-bond acceptors (Lipinski definition) is 3. The van der Waals surface area contributed by atoms with Gasteiger partial charge in [-0.2, -0.15) is 0 Å². The molecule has 0 aromatic carbocycles. The van der Waals surface area contributed by atoms with Crippen LogP contribution >= 0.6 is 0 Å². The first-order valence-corrected chi connectivity index (χ1v) is 5.81. The minimum Gasteiger partial charge on any atom is -0.379 e. The zero-order valence-electron chi connectivity index (χ0n) is 9.05. The summed E-state index contributed by atoms with van der Waals surface area (Å²) < 4.78 is 11.6. The topological polar surface area (TPSA) is 30.5 Å². The third-order valence-corrected chi connectivity index (χ3v) is 3.26. The number of morpholine rings is 1. The Hall–Kier alpha value is -0.120. The molecule has 1 heterocycles. The largest absolute Gasteiger partial charge is 0.379 e. The smallest absolute Gasteiger partial charge is 0.0940 e. The normalized spacial score (nSPS) is 31.1. The van der Waals surface area contributed by atoms with Crippen molar-refractivity contribution in [1.82, 2.24) is 5.32 Å². The summed E-state index contributed by atoms with van der Waals surface area (Å²) in [7, 11) is 0. The summed E-state index contributed by atoms with van der Waals surface area (Å²) >= 11 is 0. The van der Waals surface area contributed by atoms with Gasteiger partial charge in [-0.3, -0.25) is 0 Å². The van der Waals surface area contributed by atoms with Crippen LogP contribution in [0.1, 0.15) is 32.6 Å². The average Bonchev–Trinajstić information content (AvgIpc) is 2.63. The molecule has 2 rings (SSSR count). The van der Waals surface area contributed by atoms with Crippen LogP contribution in [0.2, 0.25) is 0 Å². The molecule has 1 saturated carbocycles. The van der Waals surface area contributed by atoms with E-state index in [9.17, 15) is 0 Å². The van der Waals surface area contributed by atoms with E-state index in [-0.39, 0.29) is 11.7 Å². The first-order valence-electron chi connectivity index (χ1n) is 5.81. The van der Waals surface area contributed by atoms with Crippen molar-refractivity contribution in [3.05, 3.63) is 0 Å². The molecular formula is C11H21NO2. The second-order valence-corrected chi connectivity index (χ2v) is 4.42. The van der Waals surface area contributed by atoms with E-state index < -0.39 is 0 Å². The molecule has 0 amide bonds. The van der Waals surface area contributed by atoms with Gasteiger partial charge in [0.2, 0.25) is 0 Å². The molecule has 2 aliphatic rings. The van der Waals surface area contributed by atoms with Gasteiger partial charge in [-0.25, -0.2) is 0 Å². The molecule has 0 aromatic rings. The molecule has 0 bridgehead atoms. The molecule has 1 saturated heterocycles. The molecule has 1 aliphatic carbocycles. The monoisotopic (exact) mass is 199 g/mol. The first kappa shape index (κ1) is 10.4. The van der Waals surface area contributed by atoms with Crippen LogP contribution in [0.5, 0.6) is 0 Å². The van der Waals surface area contributed by atoms with Crippen molar-refractivity contribution in [2.45, 2.75) is 44.3 Å². The maximum atomic E-state index is 6.15. The first-order chi connectivity index (χ1) is 6.85. The number of rotatable bonds is 3. The van der Waals surface area contributed by atoms with Crippen molar-refractivity contribution in [2.75, 3.05) is 26.3 Å². The molecule has 1 unspecified atom stereocenters. The van der Waals surface area contributed by atoms with Crippen LogP contribution < -0.4 is 5.32 Å². The van der Waals surface area contributed by atoms with E-state index in [4.69, 9.17) is 9.47 Å². The van der Waals surface area contributed by atoms with E-state index in [1.807, 2.05) is 6.92 Å². The molecular weight excluding hydrogens is 178 g/mol. The lowest BCUT2D eigenvalue weighted by molar-refractivity contribution is -0.134. The van der Waals surface area contributed by atoms with Gasteiger partial charge in [0, 0.05) is 19.7 Å². The van der Waals surface area contributed by atoms with Gasteiger partial charge in [-0.05, 0) is 19.8 Å². The fourth-order valence-corrected chi connectivity index (χ4v) is 2.55. The van der Waals surface area contributed by atoms with Crippen LogP contribution in [0.3, 0.4) is 0 Å². The second kappa shape index (κ2) is 4.60. The van der Waals surface area contributed by atoms with Crippen LogP contribution in [-0.4, -0.2) is 38.0 Å². The Bertz CT molecular complexity index is 178. The van der Waals surface area contributed by atoms with E-state index in [1.54, 1.807) is 0 Å². The molecule has 2 fully saturated rings. The van der Waals surface area contributed by atoms with Crippen LogP contribution in [-0.2, 0) is 9.47 Å². The van der Waals surface area contributed by atoms with Gasteiger partial charge in [-0.15, -0.1) is 0 Å². The lowest BCUT2D eigenvalue weighted by Crippen LogP contribution is -2.53. The molecule has 14 heavy (non-hydrogen) atoms. The fraction of sp³-hybridized carbons (Fsp3) is 1.00. The summed E-state index contributed by atoms with van der Waals surface area (Å²) in [6, 6.07) is 0. The Labute approximate surface area is 86.2 Å². The lowest BCUT2D eigenvalue weighted by atomic mass is 10.00. The minimum atomic E-state index is 0.153. The Balaban J connectivity index is 1.83. The summed E-state index contributed by atoms with van der Waals surface area (Å²) in [6.45, 7) is 5.54. The van der Waals surface area contributed by atoms with Crippen LogP contribution in [0, 0.1) is 0 Å². The van der Waals surface area contributed by atoms with E-state index in [1.165, 1.54) is 25.7 Å². The van der Waals surface area contributed by atoms with Crippen molar-refractivity contribution in [2.24, 2.45) is 0 Å². The maximum Gasteiger partial charge on any atom is 0.0940 e. The van der Waals surface area contributed by atoms with Crippen LogP contribution in [0.15, 0.2) is 0 Å². The van der Waals surface area contributed by atoms with Gasteiger partial charge in [0.05, 0.1) is 18.3 Å². The van der Waals surface area contributed by atoms with Crippen LogP contribution in [0.4, 0.5) is 0 Å². The second-order valence-electron chi connectivity index (χ2n) is 4.42. The molecule has 1 spiro atoms.